The van der Waals surface area contributed by atoms with Crippen LogP contribution in [-0.2, 0) is 11.2 Å². The second-order valence-corrected chi connectivity index (χ2v) is 6.61. The Morgan fingerprint density at radius 2 is 2.00 bits per heavy atom. The molecule has 2 atom stereocenters. The van der Waals surface area contributed by atoms with Crippen molar-refractivity contribution in [1.29, 1.82) is 0 Å². The smallest absolute Gasteiger partial charge is 0.220 e. The van der Waals surface area contributed by atoms with E-state index >= 15 is 0 Å². The van der Waals surface area contributed by atoms with Crippen molar-refractivity contribution in [2.45, 2.75) is 50.6 Å². The summed E-state index contributed by atoms with van der Waals surface area (Å²) in [6.45, 7) is 3.44. The number of hydrogen-bond donors (Lipinski definition) is 2. The summed E-state index contributed by atoms with van der Waals surface area (Å²) in [6.07, 6.45) is 6.38. The lowest BCUT2D eigenvalue weighted by molar-refractivity contribution is -0.122. The molecule has 22 heavy (non-hydrogen) atoms. The van der Waals surface area contributed by atoms with Gasteiger partial charge in [-0.25, -0.2) is 0 Å². The number of nitrogens with one attached hydrogen (secondary N) is 1. The van der Waals surface area contributed by atoms with E-state index in [9.17, 15) is 4.79 Å². The van der Waals surface area contributed by atoms with Crippen molar-refractivity contribution >= 4 is 5.91 Å². The summed E-state index contributed by atoms with van der Waals surface area (Å²) in [7, 11) is 0. The number of rotatable bonds is 5. The van der Waals surface area contributed by atoms with Crippen molar-refractivity contribution in [3.63, 3.8) is 0 Å². The van der Waals surface area contributed by atoms with Gasteiger partial charge in [-0.1, -0.05) is 30.7 Å². The quantitative estimate of drug-likeness (QED) is 0.874. The van der Waals surface area contributed by atoms with E-state index in [1.807, 2.05) is 12.1 Å². The van der Waals surface area contributed by atoms with Gasteiger partial charge in [0.15, 0.2) is 0 Å². The van der Waals surface area contributed by atoms with Gasteiger partial charge in [-0.15, -0.1) is 0 Å². The highest BCUT2D eigenvalue weighted by molar-refractivity contribution is 5.76. The molecular formula is C18H27N3O. The standard InChI is InChI=1S/C18H27N3O/c19-18-15-8-3-2-7-14(15)13-16(18)20-17(22)9-6-12-21-10-4-1-5-11-21/h2-3,7-8,16,18H,1,4-6,9-13,19H2,(H,20,22)/t16-,18-/m0/s1. The zero-order valence-electron chi connectivity index (χ0n) is 13.3. The molecule has 3 rings (SSSR count). The first-order chi connectivity index (χ1) is 10.7. The summed E-state index contributed by atoms with van der Waals surface area (Å²) in [4.78, 5) is 14.6. The van der Waals surface area contributed by atoms with Crippen LogP contribution in [0.25, 0.3) is 0 Å². The van der Waals surface area contributed by atoms with Gasteiger partial charge in [0.05, 0.1) is 12.1 Å². The summed E-state index contributed by atoms with van der Waals surface area (Å²) < 4.78 is 0. The maximum Gasteiger partial charge on any atom is 0.220 e. The average Bonchev–Trinajstić information content (AvgIpc) is 2.85. The lowest BCUT2D eigenvalue weighted by atomic mass is 10.1. The summed E-state index contributed by atoms with van der Waals surface area (Å²) in [5.74, 6) is 0.144. The molecule has 3 N–H and O–H groups in total. The van der Waals surface area contributed by atoms with E-state index in [2.05, 4.69) is 22.3 Å². The van der Waals surface area contributed by atoms with Crippen LogP contribution in [0.1, 0.15) is 49.3 Å². The van der Waals surface area contributed by atoms with Gasteiger partial charge < -0.3 is 16.0 Å². The molecule has 4 nitrogen and oxygen atoms in total. The fourth-order valence-corrected chi connectivity index (χ4v) is 3.69. The molecule has 0 radical (unpaired) electrons. The van der Waals surface area contributed by atoms with E-state index in [4.69, 9.17) is 5.73 Å². The molecule has 4 heteroatoms. The average molecular weight is 301 g/mol. The normalized spacial score (nSPS) is 25.0. The van der Waals surface area contributed by atoms with Crippen LogP contribution >= 0.6 is 0 Å². The first kappa shape index (κ1) is 15.5. The molecule has 0 bridgehead atoms. The largest absolute Gasteiger partial charge is 0.351 e. The van der Waals surface area contributed by atoms with Gasteiger partial charge in [-0.3, -0.25) is 4.79 Å². The van der Waals surface area contributed by atoms with Crippen LogP contribution in [0.15, 0.2) is 24.3 Å². The fourth-order valence-electron chi connectivity index (χ4n) is 3.69. The number of carbonyl (C=O) groups is 1. The zero-order valence-corrected chi connectivity index (χ0v) is 13.3. The van der Waals surface area contributed by atoms with Crippen molar-refractivity contribution in [2.75, 3.05) is 19.6 Å². The molecule has 0 spiro atoms. The number of benzene rings is 1. The third-order valence-electron chi connectivity index (χ3n) is 4.96. The predicted octanol–water partition coefficient (Wildman–Crippen LogP) is 1.99. The van der Waals surface area contributed by atoms with Gasteiger partial charge in [0.1, 0.15) is 0 Å². The monoisotopic (exact) mass is 301 g/mol. The van der Waals surface area contributed by atoms with Crippen LogP contribution in [-0.4, -0.2) is 36.5 Å². The molecule has 1 aromatic rings. The van der Waals surface area contributed by atoms with Crippen molar-refractivity contribution in [3.05, 3.63) is 35.4 Å². The lowest BCUT2D eigenvalue weighted by Crippen LogP contribution is -2.41. The maximum absolute atomic E-state index is 12.2. The molecule has 1 aromatic carbocycles. The second-order valence-electron chi connectivity index (χ2n) is 6.61. The highest BCUT2D eigenvalue weighted by Gasteiger charge is 2.30. The first-order valence-electron chi connectivity index (χ1n) is 8.59. The Kier molecular flexibility index (Phi) is 5.11. The fraction of sp³-hybridized carbons (Fsp3) is 0.611. The van der Waals surface area contributed by atoms with Crippen LogP contribution in [0.5, 0.6) is 0 Å². The van der Waals surface area contributed by atoms with Crippen molar-refractivity contribution in [3.8, 4) is 0 Å². The molecule has 0 aromatic heterocycles. The number of nitrogens with zero attached hydrogens (tertiary/aromatic N) is 1. The van der Waals surface area contributed by atoms with Gasteiger partial charge in [0.2, 0.25) is 5.91 Å². The Morgan fingerprint density at radius 1 is 1.23 bits per heavy atom. The van der Waals surface area contributed by atoms with Crippen molar-refractivity contribution in [2.24, 2.45) is 5.73 Å². The Hall–Kier alpha value is -1.39. The Balaban J connectivity index is 1.41. The molecule has 120 valence electrons. The van der Waals surface area contributed by atoms with Crippen LogP contribution in [0.3, 0.4) is 0 Å². The number of fused-ring (bicyclic) bond motifs is 1. The number of carbonyl (C=O) groups excluding carboxylic acids is 1. The summed E-state index contributed by atoms with van der Waals surface area (Å²) >= 11 is 0. The molecule has 1 amide bonds. The van der Waals surface area contributed by atoms with Gasteiger partial charge in [-0.05, 0) is 56.4 Å². The van der Waals surface area contributed by atoms with Gasteiger partial charge >= 0.3 is 0 Å². The summed E-state index contributed by atoms with van der Waals surface area (Å²) in [5.41, 5.74) is 8.71. The Morgan fingerprint density at radius 3 is 2.77 bits per heavy atom. The van der Waals surface area contributed by atoms with Crippen LogP contribution in [0.4, 0.5) is 0 Å². The highest BCUT2D eigenvalue weighted by atomic mass is 16.1. The van der Waals surface area contributed by atoms with Crippen molar-refractivity contribution in [1.82, 2.24) is 10.2 Å². The van der Waals surface area contributed by atoms with Crippen molar-refractivity contribution < 1.29 is 4.79 Å². The minimum Gasteiger partial charge on any atom is -0.351 e. The molecule has 0 saturated carbocycles. The lowest BCUT2D eigenvalue weighted by Gasteiger charge is -2.26. The van der Waals surface area contributed by atoms with E-state index in [0.717, 1.165) is 19.4 Å². The minimum atomic E-state index is -0.0674. The SMILES string of the molecule is N[C@H]1c2ccccc2C[C@@H]1NC(=O)CCCN1CCCCC1. The molecule has 2 aliphatic rings. The maximum atomic E-state index is 12.2. The van der Waals surface area contributed by atoms with E-state index in [1.54, 1.807) is 0 Å². The van der Waals surface area contributed by atoms with Crippen LogP contribution in [0, 0.1) is 0 Å². The number of likely N-dealkylation sites (tertiary alicyclic amines) is 1. The van der Waals surface area contributed by atoms with Crippen LogP contribution in [0.2, 0.25) is 0 Å². The predicted molar refractivity (Wildman–Crippen MR) is 88.5 cm³/mol. The number of piperidine rings is 1. The molecular weight excluding hydrogens is 274 g/mol. The molecule has 1 aliphatic heterocycles. The van der Waals surface area contributed by atoms with Gasteiger partial charge in [0, 0.05) is 6.42 Å². The molecule has 1 saturated heterocycles. The second kappa shape index (κ2) is 7.25. The highest BCUT2D eigenvalue weighted by Crippen LogP contribution is 2.29. The number of amides is 1. The third-order valence-corrected chi connectivity index (χ3v) is 4.96. The molecule has 0 unspecified atom stereocenters. The van der Waals surface area contributed by atoms with E-state index in [-0.39, 0.29) is 18.0 Å². The number of hydrogen-bond acceptors (Lipinski definition) is 3. The van der Waals surface area contributed by atoms with E-state index < -0.39 is 0 Å². The summed E-state index contributed by atoms with van der Waals surface area (Å²) in [6, 6.07) is 8.22. The van der Waals surface area contributed by atoms with E-state index in [1.165, 1.54) is 43.5 Å². The third kappa shape index (κ3) is 3.68. The zero-order chi connectivity index (χ0) is 15.4. The van der Waals surface area contributed by atoms with Gasteiger partial charge in [-0.2, -0.15) is 0 Å². The Bertz CT molecular complexity index is 511. The Labute approximate surface area is 133 Å². The first-order valence-corrected chi connectivity index (χ1v) is 8.59. The molecule has 1 fully saturated rings. The van der Waals surface area contributed by atoms with E-state index in [0.29, 0.717) is 6.42 Å². The molecule has 1 heterocycles. The molecule has 1 aliphatic carbocycles. The topological polar surface area (TPSA) is 58.4 Å². The summed E-state index contributed by atoms with van der Waals surface area (Å²) in [5, 5.41) is 3.13. The minimum absolute atomic E-state index is 0.0555. The van der Waals surface area contributed by atoms with Gasteiger partial charge in [0.25, 0.3) is 0 Å². The number of nitrogens with two attached hydrogens (primary N) is 1. The van der Waals surface area contributed by atoms with Crippen LogP contribution < -0.4 is 11.1 Å².